The first kappa shape index (κ1) is 14.2. The number of hydrogen-bond donors (Lipinski definition) is 1. The van der Waals surface area contributed by atoms with Crippen molar-refractivity contribution in [2.24, 2.45) is 5.73 Å². The van der Waals surface area contributed by atoms with E-state index in [1.54, 1.807) is 29.3 Å². The molecule has 96 valence electrons. The van der Waals surface area contributed by atoms with Crippen LogP contribution in [0.3, 0.4) is 0 Å². The number of aromatic nitrogens is 1. The number of pyridine rings is 1. The Morgan fingerprint density at radius 2 is 2.11 bits per heavy atom. The van der Waals surface area contributed by atoms with Gasteiger partial charge in [0, 0.05) is 17.1 Å². The molecule has 2 nitrogen and oxygen atoms in total. The average Bonchev–Trinajstić information content (AvgIpc) is 2.74. The molecule has 0 aliphatic carbocycles. The Balaban J connectivity index is 2.25. The van der Waals surface area contributed by atoms with Crippen LogP contribution in [0.4, 0.5) is 0 Å². The Bertz CT molecular complexity index is 528. The van der Waals surface area contributed by atoms with Crippen molar-refractivity contribution in [2.75, 3.05) is 0 Å². The summed E-state index contributed by atoms with van der Waals surface area (Å²) in [7, 11) is 0. The van der Waals surface area contributed by atoms with Gasteiger partial charge in [0.1, 0.15) is 5.03 Å². The highest BCUT2D eigenvalue weighted by atomic mass is 35.5. The second kappa shape index (κ2) is 6.26. The van der Waals surface area contributed by atoms with Crippen LogP contribution in [-0.2, 0) is 0 Å². The van der Waals surface area contributed by atoms with Crippen LogP contribution in [0.25, 0.3) is 0 Å². The maximum Gasteiger partial charge on any atom is 0.115 e. The van der Waals surface area contributed by atoms with Gasteiger partial charge in [-0.2, -0.15) is 0 Å². The highest BCUT2D eigenvalue weighted by Crippen LogP contribution is 2.42. The van der Waals surface area contributed by atoms with E-state index in [-0.39, 0.29) is 11.3 Å². The second-order valence-electron chi connectivity index (χ2n) is 3.83. The summed E-state index contributed by atoms with van der Waals surface area (Å²) < 4.78 is 0.767. The Morgan fingerprint density at radius 1 is 1.33 bits per heavy atom. The monoisotopic (exact) mass is 318 g/mol. The van der Waals surface area contributed by atoms with Crippen LogP contribution in [-0.4, -0.2) is 11.0 Å². The molecule has 2 aromatic rings. The highest BCUT2D eigenvalue weighted by molar-refractivity contribution is 7.99. The molecule has 2 rings (SSSR count). The third-order valence-electron chi connectivity index (χ3n) is 2.32. The van der Waals surface area contributed by atoms with Crippen molar-refractivity contribution >= 4 is 46.3 Å². The molecular formula is C12H12Cl2N2S2. The molecule has 0 fully saturated rings. The number of thiophene rings is 1. The molecule has 0 amide bonds. The first-order valence-electron chi connectivity index (χ1n) is 5.36. The minimum absolute atomic E-state index is 0.0113. The van der Waals surface area contributed by atoms with Gasteiger partial charge in [0.15, 0.2) is 0 Å². The number of nitrogens with two attached hydrogens (primary N) is 1. The van der Waals surface area contributed by atoms with Gasteiger partial charge in [0.05, 0.1) is 14.6 Å². The van der Waals surface area contributed by atoms with E-state index in [2.05, 4.69) is 4.98 Å². The molecule has 6 heteroatoms. The van der Waals surface area contributed by atoms with E-state index >= 15 is 0 Å². The smallest absolute Gasteiger partial charge is 0.115 e. The fourth-order valence-corrected chi connectivity index (χ4v) is 4.14. The average molecular weight is 319 g/mol. The molecule has 0 spiro atoms. The molecule has 2 N–H and O–H groups in total. The number of nitrogens with zero attached hydrogens (tertiary/aromatic N) is 1. The Labute approximate surface area is 125 Å². The number of halogens is 2. The topological polar surface area (TPSA) is 38.9 Å². The first-order valence-corrected chi connectivity index (χ1v) is 7.81. The third-order valence-corrected chi connectivity index (χ3v) is 5.68. The SMILES string of the molecule is CC(N)C(Sc1ncccc1Cl)c1ccc(Cl)s1. The lowest BCUT2D eigenvalue weighted by molar-refractivity contribution is 0.728. The van der Waals surface area contributed by atoms with E-state index in [0.717, 1.165) is 14.2 Å². The molecule has 0 radical (unpaired) electrons. The van der Waals surface area contributed by atoms with Gasteiger partial charge in [-0.1, -0.05) is 35.0 Å². The van der Waals surface area contributed by atoms with Crippen molar-refractivity contribution in [1.82, 2.24) is 4.98 Å². The largest absolute Gasteiger partial charge is 0.327 e. The third kappa shape index (κ3) is 3.39. The second-order valence-corrected chi connectivity index (χ2v) is 7.11. The number of rotatable bonds is 4. The number of hydrogen-bond acceptors (Lipinski definition) is 4. The summed E-state index contributed by atoms with van der Waals surface area (Å²) in [6.07, 6.45) is 1.73. The van der Waals surface area contributed by atoms with Gasteiger partial charge < -0.3 is 5.73 Å². The maximum atomic E-state index is 6.12. The van der Waals surface area contributed by atoms with Gasteiger partial charge in [0.25, 0.3) is 0 Å². The molecule has 0 saturated heterocycles. The summed E-state index contributed by atoms with van der Waals surface area (Å²) >= 11 is 15.2. The lowest BCUT2D eigenvalue weighted by Crippen LogP contribution is -2.22. The molecule has 0 saturated carbocycles. The van der Waals surface area contributed by atoms with E-state index < -0.39 is 0 Å². The van der Waals surface area contributed by atoms with Crippen molar-refractivity contribution < 1.29 is 0 Å². The van der Waals surface area contributed by atoms with Gasteiger partial charge >= 0.3 is 0 Å². The van der Waals surface area contributed by atoms with Gasteiger partial charge in [-0.3, -0.25) is 0 Å². The van der Waals surface area contributed by atoms with E-state index in [1.807, 2.05) is 31.2 Å². The summed E-state index contributed by atoms with van der Waals surface area (Å²) in [5.74, 6) is 0. The van der Waals surface area contributed by atoms with Gasteiger partial charge in [-0.05, 0) is 31.2 Å². The molecule has 0 aromatic carbocycles. The summed E-state index contributed by atoms with van der Waals surface area (Å²) in [5, 5.41) is 1.55. The zero-order valence-electron chi connectivity index (χ0n) is 9.64. The fraction of sp³-hybridized carbons (Fsp3) is 0.250. The Hall–Kier alpha value is -0.260. The van der Waals surface area contributed by atoms with Crippen molar-refractivity contribution in [1.29, 1.82) is 0 Å². The van der Waals surface area contributed by atoms with E-state index in [0.29, 0.717) is 5.02 Å². The summed E-state index contributed by atoms with van der Waals surface area (Å²) in [5.41, 5.74) is 6.05. The fourth-order valence-electron chi connectivity index (χ4n) is 1.48. The van der Waals surface area contributed by atoms with Gasteiger partial charge in [-0.25, -0.2) is 4.98 Å². The first-order chi connectivity index (χ1) is 8.58. The lowest BCUT2D eigenvalue weighted by atomic mass is 10.2. The zero-order chi connectivity index (χ0) is 13.1. The van der Waals surface area contributed by atoms with Crippen LogP contribution in [0.1, 0.15) is 17.1 Å². The predicted octanol–water partition coefficient (Wildman–Crippen LogP) is 4.63. The normalized spacial score (nSPS) is 14.4. The summed E-state index contributed by atoms with van der Waals surface area (Å²) in [6.45, 7) is 1.97. The molecule has 0 aliphatic heterocycles. The Kier molecular flexibility index (Phi) is 4.92. The van der Waals surface area contributed by atoms with E-state index in [4.69, 9.17) is 28.9 Å². The molecule has 0 bridgehead atoms. The van der Waals surface area contributed by atoms with Crippen molar-refractivity contribution in [3.8, 4) is 0 Å². The van der Waals surface area contributed by atoms with Crippen LogP contribution >= 0.6 is 46.3 Å². The van der Waals surface area contributed by atoms with Crippen LogP contribution in [0.15, 0.2) is 35.5 Å². The standard InChI is InChI=1S/C12H12Cl2N2S2/c1-7(15)11(9-4-5-10(14)17-9)18-12-8(13)3-2-6-16-12/h2-7,11H,15H2,1H3. The van der Waals surface area contributed by atoms with Crippen molar-refractivity contribution in [2.45, 2.75) is 23.2 Å². The lowest BCUT2D eigenvalue weighted by Gasteiger charge is -2.18. The van der Waals surface area contributed by atoms with Gasteiger partial charge in [0.2, 0.25) is 0 Å². The summed E-state index contributed by atoms with van der Waals surface area (Å²) in [6, 6.07) is 7.52. The zero-order valence-corrected chi connectivity index (χ0v) is 12.8. The van der Waals surface area contributed by atoms with E-state index in [1.165, 1.54) is 0 Å². The maximum absolute atomic E-state index is 6.12. The van der Waals surface area contributed by atoms with Crippen LogP contribution in [0.5, 0.6) is 0 Å². The van der Waals surface area contributed by atoms with Gasteiger partial charge in [-0.15, -0.1) is 11.3 Å². The molecule has 2 atom stereocenters. The molecule has 18 heavy (non-hydrogen) atoms. The molecule has 0 aliphatic rings. The quantitative estimate of drug-likeness (QED) is 0.835. The number of thioether (sulfide) groups is 1. The van der Waals surface area contributed by atoms with Crippen LogP contribution in [0, 0.1) is 0 Å². The Morgan fingerprint density at radius 3 is 2.67 bits per heavy atom. The minimum atomic E-state index is -0.0113. The molecule has 2 heterocycles. The van der Waals surface area contributed by atoms with E-state index in [9.17, 15) is 0 Å². The minimum Gasteiger partial charge on any atom is -0.327 e. The highest BCUT2D eigenvalue weighted by Gasteiger charge is 2.21. The van der Waals surface area contributed by atoms with Crippen LogP contribution < -0.4 is 5.73 Å². The molecule has 2 unspecified atom stereocenters. The van der Waals surface area contributed by atoms with Crippen LogP contribution in [0.2, 0.25) is 9.36 Å². The molecular weight excluding hydrogens is 307 g/mol. The predicted molar refractivity (Wildman–Crippen MR) is 80.8 cm³/mol. The van der Waals surface area contributed by atoms with Crippen molar-refractivity contribution in [3.05, 3.63) is 44.7 Å². The van der Waals surface area contributed by atoms with Crippen molar-refractivity contribution in [3.63, 3.8) is 0 Å². The molecule has 2 aromatic heterocycles. The summed E-state index contributed by atoms with van der Waals surface area (Å²) in [4.78, 5) is 5.42.